The summed E-state index contributed by atoms with van der Waals surface area (Å²) in [5, 5.41) is 2.91. The fourth-order valence-electron chi connectivity index (χ4n) is 3.25. The topological polar surface area (TPSA) is 86.3 Å². The van der Waals surface area contributed by atoms with E-state index < -0.39 is 0 Å². The van der Waals surface area contributed by atoms with Crippen molar-refractivity contribution in [2.75, 3.05) is 39.9 Å². The van der Waals surface area contributed by atoms with Crippen LogP contribution in [0.5, 0.6) is 23.0 Å². The standard InChI is InChI=1S/C21H24N2O6/c1-26-16-7-13(8-17(11-16)27-2)21(25)22-14-9-20(24)23(12-14)15-5-6-18(28-3)19(10-15)29-4/h5-8,10-11,14H,9,12H2,1-4H3,(H,22,25)/t14-/m1/s1. The first-order valence-electron chi connectivity index (χ1n) is 9.05. The number of carbonyl (C=O) groups is 2. The Morgan fingerprint density at radius 1 is 0.931 bits per heavy atom. The SMILES string of the molecule is COc1cc(OC)cc(C(=O)N[C@@H]2CC(=O)N(c3ccc(OC)c(OC)c3)C2)c1. The third-order valence-corrected chi connectivity index (χ3v) is 4.75. The molecular formula is C21H24N2O6. The summed E-state index contributed by atoms with van der Waals surface area (Å²) in [5.74, 6) is 1.78. The van der Waals surface area contributed by atoms with E-state index in [4.69, 9.17) is 18.9 Å². The highest BCUT2D eigenvalue weighted by molar-refractivity contribution is 5.99. The second-order valence-electron chi connectivity index (χ2n) is 6.52. The lowest BCUT2D eigenvalue weighted by Crippen LogP contribution is -2.37. The van der Waals surface area contributed by atoms with Gasteiger partial charge in [-0.05, 0) is 24.3 Å². The smallest absolute Gasteiger partial charge is 0.251 e. The maximum Gasteiger partial charge on any atom is 0.251 e. The minimum Gasteiger partial charge on any atom is -0.497 e. The molecule has 154 valence electrons. The highest BCUT2D eigenvalue weighted by atomic mass is 16.5. The van der Waals surface area contributed by atoms with Gasteiger partial charge in [0, 0.05) is 36.3 Å². The predicted octanol–water partition coefficient (Wildman–Crippen LogP) is 2.26. The number of nitrogens with one attached hydrogen (secondary N) is 1. The normalized spacial score (nSPS) is 15.8. The van der Waals surface area contributed by atoms with E-state index in [1.165, 1.54) is 14.2 Å². The average Bonchev–Trinajstić information content (AvgIpc) is 3.12. The van der Waals surface area contributed by atoms with Gasteiger partial charge in [0.05, 0.1) is 34.5 Å². The molecule has 2 amide bonds. The van der Waals surface area contributed by atoms with E-state index in [1.807, 2.05) is 0 Å². The summed E-state index contributed by atoms with van der Waals surface area (Å²) in [6.45, 7) is 0.362. The lowest BCUT2D eigenvalue weighted by molar-refractivity contribution is -0.117. The molecule has 0 bridgehead atoms. The zero-order valence-electron chi connectivity index (χ0n) is 16.9. The Hall–Kier alpha value is -3.42. The zero-order valence-corrected chi connectivity index (χ0v) is 16.9. The van der Waals surface area contributed by atoms with Crippen molar-refractivity contribution in [1.29, 1.82) is 0 Å². The molecule has 0 aliphatic carbocycles. The van der Waals surface area contributed by atoms with Gasteiger partial charge in [-0.3, -0.25) is 9.59 Å². The van der Waals surface area contributed by atoms with Crippen LogP contribution in [0.2, 0.25) is 0 Å². The van der Waals surface area contributed by atoms with Crippen LogP contribution in [0, 0.1) is 0 Å². The van der Waals surface area contributed by atoms with E-state index in [1.54, 1.807) is 55.5 Å². The summed E-state index contributed by atoms with van der Waals surface area (Å²) in [4.78, 5) is 26.8. The number of amides is 2. The molecule has 1 fully saturated rings. The van der Waals surface area contributed by atoms with Crippen LogP contribution in [0.4, 0.5) is 5.69 Å². The molecule has 1 aliphatic rings. The molecule has 8 heteroatoms. The Kier molecular flexibility index (Phi) is 6.11. The van der Waals surface area contributed by atoms with Gasteiger partial charge < -0.3 is 29.2 Å². The van der Waals surface area contributed by atoms with Crippen LogP contribution in [0.25, 0.3) is 0 Å². The summed E-state index contributed by atoms with van der Waals surface area (Å²) in [6.07, 6.45) is 0.210. The van der Waals surface area contributed by atoms with Crippen molar-refractivity contribution in [3.8, 4) is 23.0 Å². The van der Waals surface area contributed by atoms with Crippen LogP contribution in [0.15, 0.2) is 36.4 Å². The number of ether oxygens (including phenoxy) is 4. The van der Waals surface area contributed by atoms with Crippen molar-refractivity contribution in [2.45, 2.75) is 12.5 Å². The van der Waals surface area contributed by atoms with Crippen LogP contribution >= 0.6 is 0 Å². The number of rotatable bonds is 7. The van der Waals surface area contributed by atoms with Crippen LogP contribution in [0.3, 0.4) is 0 Å². The molecular weight excluding hydrogens is 376 g/mol. The van der Waals surface area contributed by atoms with Gasteiger partial charge in [0.2, 0.25) is 5.91 Å². The average molecular weight is 400 g/mol. The van der Waals surface area contributed by atoms with Crippen molar-refractivity contribution in [1.82, 2.24) is 5.32 Å². The molecule has 1 heterocycles. The lowest BCUT2D eigenvalue weighted by Gasteiger charge is -2.19. The van der Waals surface area contributed by atoms with Crippen LogP contribution < -0.4 is 29.2 Å². The van der Waals surface area contributed by atoms with Crippen molar-refractivity contribution in [3.05, 3.63) is 42.0 Å². The Balaban J connectivity index is 1.73. The highest BCUT2D eigenvalue weighted by Crippen LogP contribution is 2.33. The van der Waals surface area contributed by atoms with Crippen molar-refractivity contribution in [2.24, 2.45) is 0 Å². The van der Waals surface area contributed by atoms with E-state index in [0.29, 0.717) is 40.8 Å². The molecule has 0 spiro atoms. The van der Waals surface area contributed by atoms with Gasteiger partial charge in [0.15, 0.2) is 11.5 Å². The molecule has 0 radical (unpaired) electrons. The third-order valence-electron chi connectivity index (χ3n) is 4.75. The lowest BCUT2D eigenvalue weighted by atomic mass is 10.1. The molecule has 1 atom stereocenters. The molecule has 1 N–H and O–H groups in total. The van der Waals surface area contributed by atoms with E-state index in [9.17, 15) is 9.59 Å². The second kappa shape index (κ2) is 8.72. The molecule has 3 rings (SSSR count). The monoisotopic (exact) mass is 400 g/mol. The van der Waals surface area contributed by atoms with Gasteiger partial charge in [-0.2, -0.15) is 0 Å². The summed E-state index contributed by atoms with van der Waals surface area (Å²) in [6, 6.07) is 9.90. The van der Waals surface area contributed by atoms with Crippen LogP contribution in [-0.2, 0) is 4.79 Å². The van der Waals surface area contributed by atoms with Crippen LogP contribution in [-0.4, -0.2) is 52.8 Å². The molecule has 0 aromatic heterocycles. The Bertz CT molecular complexity index is 892. The summed E-state index contributed by atoms with van der Waals surface area (Å²) >= 11 is 0. The Morgan fingerprint density at radius 2 is 1.59 bits per heavy atom. The fraction of sp³-hybridized carbons (Fsp3) is 0.333. The maximum atomic E-state index is 12.7. The number of hydrogen-bond acceptors (Lipinski definition) is 6. The minimum atomic E-state index is -0.319. The third kappa shape index (κ3) is 4.37. The van der Waals surface area contributed by atoms with Gasteiger partial charge in [-0.1, -0.05) is 0 Å². The number of carbonyl (C=O) groups excluding carboxylic acids is 2. The molecule has 8 nitrogen and oxygen atoms in total. The first kappa shape index (κ1) is 20.3. The van der Waals surface area contributed by atoms with E-state index in [0.717, 1.165) is 0 Å². The van der Waals surface area contributed by atoms with Gasteiger partial charge in [-0.15, -0.1) is 0 Å². The highest BCUT2D eigenvalue weighted by Gasteiger charge is 2.32. The minimum absolute atomic E-state index is 0.0780. The van der Waals surface area contributed by atoms with Gasteiger partial charge >= 0.3 is 0 Å². The summed E-state index contributed by atoms with van der Waals surface area (Å²) < 4.78 is 21.0. The Morgan fingerprint density at radius 3 is 2.17 bits per heavy atom. The van der Waals surface area contributed by atoms with Crippen molar-refractivity contribution in [3.63, 3.8) is 0 Å². The molecule has 29 heavy (non-hydrogen) atoms. The Labute approximate surface area is 169 Å². The fourth-order valence-corrected chi connectivity index (χ4v) is 3.25. The number of methoxy groups -OCH3 is 4. The zero-order chi connectivity index (χ0) is 21.0. The molecule has 1 saturated heterocycles. The van der Waals surface area contributed by atoms with Gasteiger partial charge in [-0.25, -0.2) is 0 Å². The second-order valence-corrected chi connectivity index (χ2v) is 6.52. The largest absolute Gasteiger partial charge is 0.497 e. The number of benzene rings is 2. The number of anilines is 1. The number of hydrogen-bond donors (Lipinski definition) is 1. The first-order chi connectivity index (χ1) is 14.0. The van der Waals surface area contributed by atoms with Crippen molar-refractivity contribution >= 4 is 17.5 Å². The van der Waals surface area contributed by atoms with E-state index >= 15 is 0 Å². The molecule has 0 saturated carbocycles. The van der Waals surface area contributed by atoms with E-state index in [2.05, 4.69) is 5.32 Å². The predicted molar refractivity (Wildman–Crippen MR) is 107 cm³/mol. The van der Waals surface area contributed by atoms with Gasteiger partial charge in [0.25, 0.3) is 5.91 Å². The van der Waals surface area contributed by atoms with E-state index in [-0.39, 0.29) is 24.3 Å². The van der Waals surface area contributed by atoms with Crippen LogP contribution in [0.1, 0.15) is 16.8 Å². The molecule has 1 aliphatic heterocycles. The van der Waals surface area contributed by atoms with Gasteiger partial charge in [0.1, 0.15) is 11.5 Å². The summed E-state index contributed by atoms with van der Waals surface area (Å²) in [5.41, 5.74) is 1.09. The van der Waals surface area contributed by atoms with Crippen molar-refractivity contribution < 1.29 is 28.5 Å². The number of nitrogens with zero attached hydrogens (tertiary/aromatic N) is 1. The maximum absolute atomic E-state index is 12.7. The molecule has 2 aromatic carbocycles. The molecule has 2 aromatic rings. The first-order valence-corrected chi connectivity index (χ1v) is 9.05. The molecule has 0 unspecified atom stereocenters. The quantitative estimate of drug-likeness (QED) is 0.767. The summed E-state index contributed by atoms with van der Waals surface area (Å²) in [7, 11) is 6.14.